The van der Waals surface area contributed by atoms with E-state index in [1.807, 2.05) is 6.08 Å². The number of aliphatic carboxylic acids is 1. The lowest BCUT2D eigenvalue weighted by Gasteiger charge is -2.28. The summed E-state index contributed by atoms with van der Waals surface area (Å²) in [5.74, 6) is -3.03. The van der Waals surface area contributed by atoms with Crippen LogP contribution in [-0.4, -0.2) is 17.7 Å². The summed E-state index contributed by atoms with van der Waals surface area (Å²) in [5.41, 5.74) is 1.10. The van der Waals surface area contributed by atoms with Crippen molar-refractivity contribution in [3.63, 3.8) is 0 Å². The van der Waals surface area contributed by atoms with Gasteiger partial charge < -0.3 is 15.2 Å². The van der Waals surface area contributed by atoms with Gasteiger partial charge in [0.1, 0.15) is 0 Å². The van der Waals surface area contributed by atoms with Crippen LogP contribution >= 0.6 is 0 Å². The normalized spacial score (nSPS) is 20.8. The van der Waals surface area contributed by atoms with Gasteiger partial charge >= 0.3 is 0 Å². The van der Waals surface area contributed by atoms with Crippen LogP contribution in [0.15, 0.2) is 36.4 Å². The molecule has 0 saturated carbocycles. The Labute approximate surface area is 122 Å². The highest BCUT2D eigenvalue weighted by Gasteiger charge is 2.29. The first-order valence-electron chi connectivity index (χ1n) is 6.76. The first-order chi connectivity index (χ1) is 9.99. The lowest BCUT2D eigenvalue weighted by Crippen LogP contribution is -2.41. The number of carbonyl (C=O) groups excluding carboxylic acids is 3. The second-order valence-corrected chi connectivity index (χ2v) is 5.10. The fourth-order valence-corrected chi connectivity index (χ4v) is 2.39. The van der Waals surface area contributed by atoms with Crippen molar-refractivity contribution in [1.82, 2.24) is 0 Å². The van der Waals surface area contributed by atoms with E-state index < -0.39 is 17.8 Å². The molecule has 1 aromatic rings. The van der Waals surface area contributed by atoms with Crippen LogP contribution in [-0.2, 0) is 9.59 Å². The molecule has 0 radical (unpaired) electrons. The Morgan fingerprint density at radius 2 is 1.62 bits per heavy atom. The molecule has 0 aromatic heterocycles. The first kappa shape index (κ1) is 15.0. The summed E-state index contributed by atoms with van der Waals surface area (Å²) in [4.78, 5) is 34.5. The van der Waals surface area contributed by atoms with Gasteiger partial charge in [-0.25, -0.2) is 0 Å². The lowest BCUT2D eigenvalue weighted by atomic mass is 9.82. The van der Waals surface area contributed by atoms with Gasteiger partial charge in [-0.3, -0.25) is 9.59 Å². The number of hydrogen-bond acceptors (Lipinski definition) is 4. The third-order valence-corrected chi connectivity index (χ3v) is 3.63. The predicted molar refractivity (Wildman–Crippen MR) is 75.4 cm³/mol. The van der Waals surface area contributed by atoms with E-state index in [4.69, 9.17) is 0 Å². The molecular formula is C16H16NO4-. The molecular weight excluding hydrogens is 270 g/mol. The molecule has 1 aromatic carbocycles. The molecule has 1 amide bonds. The van der Waals surface area contributed by atoms with Gasteiger partial charge in [0.25, 0.3) is 0 Å². The summed E-state index contributed by atoms with van der Waals surface area (Å²) in [7, 11) is 0. The van der Waals surface area contributed by atoms with Crippen molar-refractivity contribution in [1.29, 1.82) is 0 Å². The van der Waals surface area contributed by atoms with E-state index >= 15 is 0 Å². The third kappa shape index (κ3) is 3.56. The SMILES string of the molecule is CC(=O)c1ccc(NC(=O)[C@@H]2CC=CC[C@@H]2C(=O)[O-])cc1. The molecule has 0 unspecified atom stereocenters. The van der Waals surface area contributed by atoms with Crippen LogP contribution in [0.3, 0.4) is 0 Å². The molecule has 1 aliphatic rings. The van der Waals surface area contributed by atoms with Crippen molar-refractivity contribution in [2.45, 2.75) is 19.8 Å². The molecule has 1 aliphatic carbocycles. The van der Waals surface area contributed by atoms with E-state index in [2.05, 4.69) is 5.32 Å². The predicted octanol–water partition coefficient (Wildman–Crippen LogP) is 1.16. The topological polar surface area (TPSA) is 86.3 Å². The number of carboxylic acid groups (broad SMARTS) is 1. The van der Waals surface area contributed by atoms with Gasteiger partial charge in [0, 0.05) is 23.1 Å². The smallest absolute Gasteiger partial charge is 0.228 e. The number of amides is 1. The van der Waals surface area contributed by atoms with Gasteiger partial charge in [0.15, 0.2) is 5.78 Å². The summed E-state index contributed by atoms with van der Waals surface area (Å²) < 4.78 is 0. The summed E-state index contributed by atoms with van der Waals surface area (Å²) in [6.07, 6.45) is 4.26. The molecule has 0 bridgehead atoms. The zero-order valence-electron chi connectivity index (χ0n) is 11.7. The Balaban J connectivity index is 2.08. The minimum absolute atomic E-state index is 0.0534. The Morgan fingerprint density at radius 3 is 2.14 bits per heavy atom. The van der Waals surface area contributed by atoms with E-state index in [0.29, 0.717) is 24.1 Å². The largest absolute Gasteiger partial charge is 0.550 e. The zero-order valence-corrected chi connectivity index (χ0v) is 11.7. The van der Waals surface area contributed by atoms with Crippen LogP contribution in [0, 0.1) is 11.8 Å². The molecule has 110 valence electrons. The van der Waals surface area contributed by atoms with Gasteiger partial charge in [-0.15, -0.1) is 0 Å². The standard InChI is InChI=1S/C16H17NO4/c1-10(18)11-6-8-12(9-7-11)17-15(19)13-4-2-3-5-14(13)16(20)21/h2-3,6-9,13-14H,4-5H2,1H3,(H,17,19)(H,20,21)/p-1/t13-,14+/m1/s1. The van der Waals surface area contributed by atoms with Gasteiger partial charge in [0.05, 0.1) is 5.92 Å². The van der Waals surface area contributed by atoms with Crippen LogP contribution < -0.4 is 10.4 Å². The van der Waals surface area contributed by atoms with E-state index in [1.165, 1.54) is 6.92 Å². The number of anilines is 1. The minimum atomic E-state index is -1.20. The summed E-state index contributed by atoms with van der Waals surface area (Å²) in [5, 5.41) is 13.8. The Morgan fingerprint density at radius 1 is 1.05 bits per heavy atom. The number of rotatable bonds is 4. The number of hydrogen-bond donors (Lipinski definition) is 1. The van der Waals surface area contributed by atoms with Crippen molar-refractivity contribution in [2.75, 3.05) is 5.32 Å². The number of Topliss-reactive ketones (excluding diaryl/α,β-unsaturated/α-hetero) is 1. The Hall–Kier alpha value is -2.43. The molecule has 5 nitrogen and oxygen atoms in total. The quantitative estimate of drug-likeness (QED) is 0.664. The summed E-state index contributed by atoms with van der Waals surface area (Å²) in [6, 6.07) is 6.49. The number of nitrogens with one attached hydrogen (secondary N) is 1. The minimum Gasteiger partial charge on any atom is -0.550 e. The van der Waals surface area contributed by atoms with Crippen LogP contribution in [0.4, 0.5) is 5.69 Å². The van der Waals surface area contributed by atoms with Crippen molar-refractivity contribution in [3.8, 4) is 0 Å². The van der Waals surface area contributed by atoms with Crippen LogP contribution in [0.5, 0.6) is 0 Å². The molecule has 2 rings (SSSR count). The average Bonchev–Trinajstić information content (AvgIpc) is 2.47. The highest BCUT2D eigenvalue weighted by Crippen LogP contribution is 2.26. The van der Waals surface area contributed by atoms with Crippen molar-refractivity contribution in [2.24, 2.45) is 11.8 Å². The van der Waals surface area contributed by atoms with Crippen LogP contribution in [0.2, 0.25) is 0 Å². The highest BCUT2D eigenvalue weighted by atomic mass is 16.4. The van der Waals surface area contributed by atoms with Crippen molar-refractivity contribution in [3.05, 3.63) is 42.0 Å². The Kier molecular flexibility index (Phi) is 4.52. The molecule has 0 heterocycles. The van der Waals surface area contributed by atoms with Gasteiger partial charge in [-0.05, 0) is 44.0 Å². The van der Waals surface area contributed by atoms with E-state index in [9.17, 15) is 19.5 Å². The number of carbonyl (C=O) groups is 3. The molecule has 0 saturated heterocycles. The third-order valence-electron chi connectivity index (χ3n) is 3.63. The molecule has 1 N–H and O–H groups in total. The van der Waals surface area contributed by atoms with Crippen molar-refractivity contribution >= 4 is 23.3 Å². The summed E-state index contributed by atoms with van der Waals surface area (Å²) in [6.45, 7) is 1.46. The number of carboxylic acids is 1. The molecule has 2 atom stereocenters. The highest BCUT2D eigenvalue weighted by molar-refractivity contribution is 5.97. The molecule has 0 spiro atoms. The molecule has 0 aliphatic heterocycles. The number of benzene rings is 1. The van der Waals surface area contributed by atoms with E-state index in [0.717, 1.165) is 0 Å². The second-order valence-electron chi connectivity index (χ2n) is 5.10. The summed E-state index contributed by atoms with van der Waals surface area (Å²) >= 11 is 0. The number of ketones is 1. The lowest BCUT2D eigenvalue weighted by molar-refractivity contribution is -0.313. The van der Waals surface area contributed by atoms with Gasteiger partial charge in [-0.2, -0.15) is 0 Å². The van der Waals surface area contributed by atoms with Gasteiger partial charge in [0.2, 0.25) is 5.91 Å². The second kappa shape index (κ2) is 6.35. The molecule has 0 fully saturated rings. The van der Waals surface area contributed by atoms with E-state index in [-0.39, 0.29) is 11.7 Å². The Bertz CT molecular complexity index is 589. The molecule has 5 heteroatoms. The maximum Gasteiger partial charge on any atom is 0.228 e. The maximum atomic E-state index is 12.2. The molecule has 21 heavy (non-hydrogen) atoms. The van der Waals surface area contributed by atoms with Crippen LogP contribution in [0.1, 0.15) is 30.1 Å². The average molecular weight is 286 g/mol. The van der Waals surface area contributed by atoms with E-state index in [1.54, 1.807) is 30.3 Å². The van der Waals surface area contributed by atoms with Gasteiger partial charge in [-0.1, -0.05) is 12.2 Å². The fraction of sp³-hybridized carbons (Fsp3) is 0.312. The number of allylic oxidation sites excluding steroid dienone is 2. The van der Waals surface area contributed by atoms with Crippen LogP contribution in [0.25, 0.3) is 0 Å². The zero-order chi connectivity index (χ0) is 15.4. The monoisotopic (exact) mass is 286 g/mol. The fourth-order valence-electron chi connectivity index (χ4n) is 2.39. The van der Waals surface area contributed by atoms with Crippen molar-refractivity contribution < 1.29 is 19.5 Å². The maximum absolute atomic E-state index is 12.2. The first-order valence-corrected chi connectivity index (χ1v) is 6.76.